The fraction of sp³-hybridized carbons (Fsp3) is 0.533. The number of hydrogen-bond donors (Lipinski definition) is 2. The highest BCUT2D eigenvalue weighted by Crippen LogP contribution is 2.25. The van der Waals surface area contributed by atoms with Crippen LogP contribution in [-0.4, -0.2) is 12.5 Å². The molecule has 1 aliphatic rings. The lowest BCUT2D eigenvalue weighted by molar-refractivity contribution is 0.0950. The first-order valence-electron chi connectivity index (χ1n) is 6.89. The lowest BCUT2D eigenvalue weighted by Gasteiger charge is -2.21. The lowest BCUT2D eigenvalue weighted by Crippen LogP contribution is -2.26. The first-order valence-corrected chi connectivity index (χ1v) is 6.89. The van der Waals surface area contributed by atoms with Crippen molar-refractivity contribution < 1.29 is 4.79 Å². The van der Waals surface area contributed by atoms with Crippen molar-refractivity contribution in [1.82, 2.24) is 5.32 Å². The van der Waals surface area contributed by atoms with Crippen molar-refractivity contribution in [3.8, 4) is 0 Å². The molecule has 0 heterocycles. The van der Waals surface area contributed by atoms with Gasteiger partial charge in [-0.05, 0) is 30.5 Å². The molecule has 1 fully saturated rings. The highest BCUT2D eigenvalue weighted by molar-refractivity contribution is 5.94. The molecule has 0 atom stereocenters. The molecule has 1 aliphatic carbocycles. The number of benzene rings is 1. The minimum Gasteiger partial charge on any atom is -0.399 e. The van der Waals surface area contributed by atoms with Gasteiger partial charge in [-0.1, -0.05) is 38.2 Å². The van der Waals surface area contributed by atoms with E-state index in [0.717, 1.165) is 18.9 Å². The minimum absolute atomic E-state index is 0. The van der Waals surface area contributed by atoms with Crippen LogP contribution < -0.4 is 11.1 Å². The number of amides is 1. The molecule has 1 aromatic carbocycles. The normalized spacial score (nSPS) is 15.6. The summed E-state index contributed by atoms with van der Waals surface area (Å²) in [6.45, 7) is 0.776. The van der Waals surface area contributed by atoms with Crippen molar-refractivity contribution in [3.05, 3.63) is 29.8 Å². The maximum Gasteiger partial charge on any atom is 0.251 e. The largest absolute Gasteiger partial charge is 0.399 e. The molecule has 0 unspecified atom stereocenters. The summed E-state index contributed by atoms with van der Waals surface area (Å²) in [7, 11) is 0. The third kappa shape index (κ3) is 5.11. The van der Waals surface area contributed by atoms with Crippen molar-refractivity contribution in [1.29, 1.82) is 0 Å². The summed E-state index contributed by atoms with van der Waals surface area (Å²) in [4.78, 5) is 11.9. The number of halogens is 1. The number of rotatable bonds is 4. The first-order chi connectivity index (χ1) is 8.75. The van der Waals surface area contributed by atoms with Crippen molar-refractivity contribution in [2.24, 2.45) is 5.92 Å². The molecular formula is C15H23ClN2O. The molecule has 0 aromatic heterocycles. The number of carbonyl (C=O) groups is 1. The number of hydrogen-bond acceptors (Lipinski definition) is 2. The maximum atomic E-state index is 11.9. The van der Waals surface area contributed by atoms with Crippen LogP contribution in [-0.2, 0) is 0 Å². The third-order valence-electron chi connectivity index (χ3n) is 3.71. The fourth-order valence-electron chi connectivity index (χ4n) is 2.65. The van der Waals surface area contributed by atoms with Gasteiger partial charge in [-0.15, -0.1) is 12.4 Å². The Balaban J connectivity index is 0.00000180. The summed E-state index contributed by atoms with van der Waals surface area (Å²) in [5.41, 5.74) is 6.95. The Bertz CT molecular complexity index is 403. The molecule has 1 aromatic rings. The van der Waals surface area contributed by atoms with E-state index in [-0.39, 0.29) is 18.3 Å². The molecule has 19 heavy (non-hydrogen) atoms. The van der Waals surface area contributed by atoms with Crippen LogP contribution >= 0.6 is 12.4 Å². The fourth-order valence-corrected chi connectivity index (χ4v) is 2.65. The minimum atomic E-state index is -0.0156. The third-order valence-corrected chi connectivity index (χ3v) is 3.71. The number of carbonyl (C=O) groups excluding carboxylic acids is 1. The zero-order valence-electron chi connectivity index (χ0n) is 11.2. The van der Waals surface area contributed by atoms with Gasteiger partial charge < -0.3 is 11.1 Å². The number of anilines is 1. The summed E-state index contributed by atoms with van der Waals surface area (Å²) in [6, 6.07) is 7.12. The van der Waals surface area contributed by atoms with E-state index < -0.39 is 0 Å². The molecule has 1 saturated carbocycles. The van der Waals surface area contributed by atoms with Crippen molar-refractivity contribution in [3.63, 3.8) is 0 Å². The van der Waals surface area contributed by atoms with Gasteiger partial charge in [0.15, 0.2) is 0 Å². The molecule has 106 valence electrons. The standard InChI is InChI=1S/C15H22N2O.ClH/c16-14-8-4-7-13(11-14)15(18)17-10-9-12-5-2-1-3-6-12;/h4,7-8,11-12H,1-3,5-6,9-10,16H2,(H,17,18);1H. The van der Waals surface area contributed by atoms with E-state index >= 15 is 0 Å². The van der Waals surface area contributed by atoms with Gasteiger partial charge in [0.05, 0.1) is 0 Å². The van der Waals surface area contributed by atoms with E-state index in [2.05, 4.69) is 5.32 Å². The van der Waals surface area contributed by atoms with Gasteiger partial charge in [-0.25, -0.2) is 0 Å². The summed E-state index contributed by atoms with van der Waals surface area (Å²) >= 11 is 0. The molecule has 4 heteroatoms. The van der Waals surface area contributed by atoms with Crippen molar-refractivity contribution in [2.75, 3.05) is 12.3 Å². The van der Waals surface area contributed by atoms with Gasteiger partial charge >= 0.3 is 0 Å². The van der Waals surface area contributed by atoms with Gasteiger partial charge in [-0.2, -0.15) is 0 Å². The molecule has 3 nitrogen and oxygen atoms in total. The number of nitrogens with two attached hydrogens (primary N) is 1. The highest BCUT2D eigenvalue weighted by atomic mass is 35.5. The van der Waals surface area contributed by atoms with Crippen LogP contribution in [0.25, 0.3) is 0 Å². The lowest BCUT2D eigenvalue weighted by atomic mass is 9.87. The Kier molecular flexibility index (Phi) is 6.71. The molecule has 0 spiro atoms. The monoisotopic (exact) mass is 282 g/mol. The summed E-state index contributed by atoms with van der Waals surface area (Å²) in [5.74, 6) is 0.790. The topological polar surface area (TPSA) is 55.1 Å². The van der Waals surface area contributed by atoms with Crippen molar-refractivity contribution >= 4 is 24.0 Å². The quantitative estimate of drug-likeness (QED) is 0.832. The Morgan fingerprint density at radius 1 is 1.26 bits per heavy atom. The number of nitrogen functional groups attached to an aromatic ring is 1. The predicted molar refractivity (Wildman–Crippen MR) is 81.6 cm³/mol. The molecule has 3 N–H and O–H groups in total. The van der Waals surface area contributed by atoms with Gasteiger partial charge in [0.25, 0.3) is 5.91 Å². The van der Waals surface area contributed by atoms with Crippen LogP contribution in [0.2, 0.25) is 0 Å². The van der Waals surface area contributed by atoms with Gasteiger partial charge in [0, 0.05) is 17.8 Å². The van der Waals surface area contributed by atoms with E-state index in [9.17, 15) is 4.79 Å². The highest BCUT2D eigenvalue weighted by Gasteiger charge is 2.13. The van der Waals surface area contributed by atoms with Crippen LogP contribution in [0.5, 0.6) is 0 Å². The van der Waals surface area contributed by atoms with Crippen molar-refractivity contribution in [2.45, 2.75) is 38.5 Å². The first kappa shape index (κ1) is 15.8. The molecular weight excluding hydrogens is 260 g/mol. The van der Waals surface area contributed by atoms with E-state index in [1.165, 1.54) is 32.1 Å². The SMILES string of the molecule is Cl.Nc1cccc(C(=O)NCCC2CCCCC2)c1. The molecule has 1 amide bonds. The Labute approximate surface area is 121 Å². The smallest absolute Gasteiger partial charge is 0.251 e. The van der Waals surface area contributed by atoms with Crippen LogP contribution in [0.1, 0.15) is 48.9 Å². The van der Waals surface area contributed by atoms with Gasteiger partial charge in [-0.3, -0.25) is 4.79 Å². The van der Waals surface area contributed by atoms with E-state index in [0.29, 0.717) is 11.3 Å². The summed E-state index contributed by atoms with van der Waals surface area (Å²) in [6.07, 6.45) is 7.85. The zero-order chi connectivity index (χ0) is 12.8. The Morgan fingerprint density at radius 2 is 2.00 bits per heavy atom. The predicted octanol–water partition coefficient (Wildman–Crippen LogP) is 3.39. The second-order valence-electron chi connectivity index (χ2n) is 5.17. The van der Waals surface area contributed by atoms with E-state index in [4.69, 9.17) is 5.73 Å². The average Bonchev–Trinajstić information content (AvgIpc) is 2.40. The second kappa shape index (κ2) is 8.05. The second-order valence-corrected chi connectivity index (χ2v) is 5.17. The molecule has 2 rings (SSSR count). The van der Waals surface area contributed by atoms with E-state index in [1.807, 2.05) is 6.07 Å². The Hall–Kier alpha value is -1.22. The van der Waals surface area contributed by atoms with Crippen LogP contribution in [0.15, 0.2) is 24.3 Å². The van der Waals surface area contributed by atoms with Gasteiger partial charge in [0.1, 0.15) is 0 Å². The Morgan fingerprint density at radius 3 is 2.68 bits per heavy atom. The molecule has 0 saturated heterocycles. The zero-order valence-corrected chi connectivity index (χ0v) is 12.0. The summed E-state index contributed by atoms with van der Waals surface area (Å²) in [5, 5.41) is 2.98. The molecule has 0 aliphatic heterocycles. The maximum absolute atomic E-state index is 11.9. The molecule has 0 radical (unpaired) electrons. The molecule has 0 bridgehead atoms. The van der Waals surface area contributed by atoms with Gasteiger partial charge in [0.2, 0.25) is 0 Å². The van der Waals surface area contributed by atoms with Crippen LogP contribution in [0.3, 0.4) is 0 Å². The van der Waals surface area contributed by atoms with Crippen LogP contribution in [0, 0.1) is 5.92 Å². The van der Waals surface area contributed by atoms with E-state index in [1.54, 1.807) is 18.2 Å². The number of nitrogens with one attached hydrogen (secondary N) is 1. The van der Waals surface area contributed by atoms with Crippen LogP contribution in [0.4, 0.5) is 5.69 Å². The summed E-state index contributed by atoms with van der Waals surface area (Å²) < 4.78 is 0. The average molecular weight is 283 g/mol.